The van der Waals surface area contributed by atoms with E-state index < -0.39 is 5.97 Å². The molecule has 0 aliphatic carbocycles. The highest BCUT2D eigenvalue weighted by molar-refractivity contribution is 6.00. The Morgan fingerprint density at radius 3 is 2.43 bits per heavy atom. The summed E-state index contributed by atoms with van der Waals surface area (Å²) in [6.07, 6.45) is 3.27. The molecule has 0 unspecified atom stereocenters. The highest BCUT2D eigenvalue weighted by Gasteiger charge is 2.20. The maximum Gasteiger partial charge on any atom is 0.328 e. The van der Waals surface area contributed by atoms with Crippen molar-refractivity contribution in [2.24, 2.45) is 0 Å². The molecular formula is C26H31NO3. The number of aromatic amines is 1. The number of H-pyrrole nitrogens is 1. The van der Waals surface area contributed by atoms with E-state index in [9.17, 15) is 4.79 Å². The normalized spacial score (nSPS) is 12.2. The molecule has 0 aliphatic heterocycles. The Kier molecular flexibility index (Phi) is 6.35. The average molecular weight is 406 g/mol. The molecule has 0 amide bonds. The first-order valence-corrected chi connectivity index (χ1v) is 10.6. The van der Waals surface area contributed by atoms with Crippen LogP contribution in [0, 0.1) is 0 Å². The summed E-state index contributed by atoms with van der Waals surface area (Å²) in [5, 5.41) is 10.2. The number of ether oxygens (including phenoxy) is 1. The fourth-order valence-corrected chi connectivity index (χ4v) is 3.80. The third-order valence-electron chi connectivity index (χ3n) is 5.48. The molecule has 0 fully saturated rings. The maximum absolute atomic E-state index is 11.1. The summed E-state index contributed by atoms with van der Waals surface area (Å²) in [6, 6.07) is 10.5. The molecule has 0 radical (unpaired) electrons. The number of carboxylic acids is 1. The lowest BCUT2D eigenvalue weighted by molar-refractivity contribution is -0.131. The predicted molar refractivity (Wildman–Crippen MR) is 124 cm³/mol. The van der Waals surface area contributed by atoms with Gasteiger partial charge in [-0.1, -0.05) is 39.8 Å². The Morgan fingerprint density at radius 1 is 1.10 bits per heavy atom. The second-order valence-corrected chi connectivity index (χ2v) is 8.36. The van der Waals surface area contributed by atoms with Crippen LogP contribution >= 0.6 is 0 Å². The van der Waals surface area contributed by atoms with Crippen LogP contribution in [-0.2, 0) is 4.79 Å². The first-order valence-electron chi connectivity index (χ1n) is 10.6. The molecule has 3 aromatic rings. The Hall–Kier alpha value is -3.01. The highest BCUT2D eigenvalue weighted by Crippen LogP contribution is 2.42. The van der Waals surface area contributed by atoms with Crippen LogP contribution in [-0.4, -0.2) is 22.7 Å². The predicted octanol–water partition coefficient (Wildman–Crippen LogP) is 6.97. The second kappa shape index (κ2) is 8.78. The zero-order valence-electron chi connectivity index (χ0n) is 18.7. The summed E-state index contributed by atoms with van der Waals surface area (Å²) in [4.78, 5) is 14.5. The Bertz CT molecular complexity index is 1100. The molecule has 0 bridgehead atoms. The van der Waals surface area contributed by atoms with Gasteiger partial charge >= 0.3 is 5.97 Å². The Morgan fingerprint density at radius 2 is 1.83 bits per heavy atom. The minimum absolute atomic E-state index is 0.338. The quantitative estimate of drug-likeness (QED) is 0.417. The molecule has 4 nitrogen and oxygen atoms in total. The van der Waals surface area contributed by atoms with E-state index in [1.54, 1.807) is 0 Å². The van der Waals surface area contributed by atoms with Crippen molar-refractivity contribution in [1.82, 2.24) is 4.98 Å². The van der Waals surface area contributed by atoms with Crippen LogP contribution in [0.25, 0.3) is 27.6 Å². The second-order valence-electron chi connectivity index (χ2n) is 8.36. The van der Waals surface area contributed by atoms with Crippen LogP contribution < -0.4 is 4.74 Å². The minimum Gasteiger partial charge on any atom is -0.493 e. The maximum atomic E-state index is 11.1. The number of rotatable bonds is 7. The number of allylic oxidation sites excluding steroid dienone is 1. The molecule has 0 atom stereocenters. The van der Waals surface area contributed by atoms with Gasteiger partial charge in [0, 0.05) is 34.3 Å². The molecule has 3 rings (SSSR count). The fraction of sp³-hybridized carbons (Fsp3) is 0.346. The Labute approximate surface area is 178 Å². The van der Waals surface area contributed by atoms with Gasteiger partial charge in [-0.05, 0) is 66.1 Å². The van der Waals surface area contributed by atoms with Gasteiger partial charge in [0.2, 0.25) is 0 Å². The van der Waals surface area contributed by atoms with Gasteiger partial charge in [0.15, 0.2) is 0 Å². The van der Waals surface area contributed by atoms with Crippen LogP contribution in [0.4, 0.5) is 0 Å². The van der Waals surface area contributed by atoms with Gasteiger partial charge in [0.25, 0.3) is 0 Å². The standard InChI is InChI=1S/C26H31NO3/c1-7-30-26-20(16(4)5)12-19(15(2)3)13-22(26)23-14-27-24-9-8-18(11-21(23)24)17(6)10-25(28)29/h8-16,27H,7H2,1-6H3,(H,28,29)/b17-10+. The van der Waals surface area contributed by atoms with E-state index in [-0.39, 0.29) is 0 Å². The minimum atomic E-state index is -0.938. The number of fused-ring (bicyclic) bond motifs is 1. The molecule has 0 spiro atoms. The van der Waals surface area contributed by atoms with E-state index in [0.29, 0.717) is 18.4 Å². The number of hydrogen-bond donors (Lipinski definition) is 2. The molecule has 30 heavy (non-hydrogen) atoms. The number of carboxylic acid groups (broad SMARTS) is 1. The van der Waals surface area contributed by atoms with Crippen molar-refractivity contribution in [3.63, 3.8) is 0 Å². The number of nitrogens with one attached hydrogen (secondary N) is 1. The zero-order valence-corrected chi connectivity index (χ0v) is 18.7. The fourth-order valence-electron chi connectivity index (χ4n) is 3.80. The lowest BCUT2D eigenvalue weighted by atomic mass is 9.89. The number of carbonyl (C=O) groups is 1. The molecule has 1 heterocycles. The van der Waals surface area contributed by atoms with E-state index in [0.717, 1.165) is 38.9 Å². The van der Waals surface area contributed by atoms with Crippen molar-refractivity contribution in [3.8, 4) is 16.9 Å². The third-order valence-corrected chi connectivity index (χ3v) is 5.48. The van der Waals surface area contributed by atoms with Crippen LogP contribution in [0.15, 0.2) is 42.6 Å². The Balaban J connectivity index is 2.29. The summed E-state index contributed by atoms with van der Waals surface area (Å²) in [5.41, 5.74) is 7.28. The van der Waals surface area contributed by atoms with Gasteiger partial charge in [0.1, 0.15) is 5.75 Å². The van der Waals surface area contributed by atoms with Crippen LogP contribution in [0.5, 0.6) is 5.75 Å². The highest BCUT2D eigenvalue weighted by atomic mass is 16.5. The number of aromatic nitrogens is 1. The summed E-state index contributed by atoms with van der Waals surface area (Å²) >= 11 is 0. The van der Waals surface area contributed by atoms with Crippen molar-refractivity contribution < 1.29 is 14.6 Å². The summed E-state index contributed by atoms with van der Waals surface area (Å²) in [7, 11) is 0. The zero-order chi connectivity index (χ0) is 22.0. The van der Waals surface area contributed by atoms with Gasteiger partial charge < -0.3 is 14.8 Å². The number of aliphatic carboxylic acids is 1. The molecule has 158 valence electrons. The van der Waals surface area contributed by atoms with Crippen LogP contribution in [0.3, 0.4) is 0 Å². The van der Waals surface area contributed by atoms with E-state index in [4.69, 9.17) is 9.84 Å². The molecule has 0 aliphatic rings. The molecular weight excluding hydrogens is 374 g/mol. The molecule has 2 N–H and O–H groups in total. The average Bonchev–Trinajstić information content (AvgIpc) is 3.10. The number of hydrogen-bond acceptors (Lipinski definition) is 2. The smallest absolute Gasteiger partial charge is 0.328 e. The molecule has 2 aromatic carbocycles. The van der Waals surface area contributed by atoms with Crippen molar-refractivity contribution >= 4 is 22.4 Å². The van der Waals surface area contributed by atoms with E-state index in [2.05, 4.69) is 50.9 Å². The van der Waals surface area contributed by atoms with Gasteiger partial charge in [0.05, 0.1) is 6.61 Å². The van der Waals surface area contributed by atoms with Crippen LogP contribution in [0.2, 0.25) is 0 Å². The molecule has 0 saturated carbocycles. The van der Waals surface area contributed by atoms with E-state index >= 15 is 0 Å². The lowest BCUT2D eigenvalue weighted by Gasteiger charge is -2.20. The topological polar surface area (TPSA) is 62.3 Å². The van der Waals surface area contributed by atoms with Gasteiger partial charge in [-0.25, -0.2) is 4.79 Å². The van der Waals surface area contributed by atoms with Gasteiger partial charge in [-0.3, -0.25) is 0 Å². The monoisotopic (exact) mass is 405 g/mol. The third kappa shape index (κ3) is 4.28. The first kappa shape index (κ1) is 21.7. The van der Waals surface area contributed by atoms with Gasteiger partial charge in [-0.2, -0.15) is 0 Å². The molecule has 0 saturated heterocycles. The van der Waals surface area contributed by atoms with Crippen molar-refractivity contribution in [2.45, 2.75) is 53.4 Å². The van der Waals surface area contributed by atoms with E-state index in [1.807, 2.05) is 32.2 Å². The SMILES string of the molecule is CCOc1c(-c2c[nH]c3ccc(/C(C)=C/C(=O)O)cc23)cc(C(C)C)cc1C(C)C. The van der Waals surface area contributed by atoms with Crippen molar-refractivity contribution in [3.05, 3.63) is 59.3 Å². The van der Waals surface area contributed by atoms with Crippen molar-refractivity contribution in [1.29, 1.82) is 0 Å². The van der Waals surface area contributed by atoms with Crippen LogP contribution in [0.1, 0.15) is 70.1 Å². The van der Waals surface area contributed by atoms with Gasteiger partial charge in [-0.15, -0.1) is 0 Å². The van der Waals surface area contributed by atoms with Crippen molar-refractivity contribution in [2.75, 3.05) is 6.61 Å². The summed E-state index contributed by atoms with van der Waals surface area (Å²) < 4.78 is 6.16. The molecule has 1 aromatic heterocycles. The summed E-state index contributed by atoms with van der Waals surface area (Å²) in [5.74, 6) is 0.733. The lowest BCUT2D eigenvalue weighted by Crippen LogP contribution is -2.03. The van der Waals surface area contributed by atoms with E-state index in [1.165, 1.54) is 17.2 Å². The summed E-state index contributed by atoms with van der Waals surface area (Å²) in [6.45, 7) is 13.2. The largest absolute Gasteiger partial charge is 0.493 e. The molecule has 4 heteroatoms. The first-order chi connectivity index (χ1) is 14.2. The number of benzene rings is 2.